The number of aromatic nitrogens is 1. The van der Waals surface area contributed by atoms with Crippen LogP contribution in [0.2, 0.25) is 0 Å². The molecule has 1 amide bonds. The molecule has 5 nitrogen and oxygen atoms in total. The van der Waals surface area contributed by atoms with Crippen LogP contribution in [0, 0.1) is 0 Å². The number of nitrogens with one attached hydrogen (secondary N) is 2. The molecule has 3 aromatic rings. The Balaban J connectivity index is 1.64. The Morgan fingerprint density at radius 3 is 2.29 bits per heavy atom. The average molecular weight is 339 g/mol. The summed E-state index contributed by atoms with van der Waals surface area (Å²) < 4.78 is 0. The second-order valence-corrected chi connectivity index (χ2v) is 6.32. The first-order valence-corrected chi connectivity index (χ1v) is 8.31. The topological polar surface area (TPSA) is 74.2 Å². The lowest BCUT2D eigenvalue weighted by Gasteiger charge is -2.08. The van der Waals surface area contributed by atoms with Crippen LogP contribution in [0.5, 0.6) is 0 Å². The predicted octanol–water partition coefficient (Wildman–Crippen LogP) is 4.19. The van der Waals surface area contributed by atoms with Crippen molar-refractivity contribution in [3.63, 3.8) is 0 Å². The van der Waals surface area contributed by atoms with Crippen molar-refractivity contribution in [2.24, 2.45) is 0 Å². The second-order valence-electron chi connectivity index (χ2n) is 5.26. The first kappa shape index (κ1) is 16.2. The fourth-order valence-corrected chi connectivity index (χ4v) is 2.85. The van der Waals surface area contributed by atoms with Gasteiger partial charge in [-0.1, -0.05) is 18.2 Å². The summed E-state index contributed by atoms with van der Waals surface area (Å²) in [5.41, 5.74) is 2.64. The van der Waals surface area contributed by atoms with Crippen LogP contribution in [0.1, 0.15) is 27.7 Å². The number of anilines is 3. The Bertz CT molecular complexity index is 814. The lowest BCUT2D eigenvalue weighted by molar-refractivity contribution is 0.103. The summed E-state index contributed by atoms with van der Waals surface area (Å²) in [4.78, 5) is 16.7. The minimum atomic E-state index is -0.667. The summed E-state index contributed by atoms with van der Waals surface area (Å²) in [6.45, 7) is 1.62. The molecule has 1 unspecified atom stereocenters. The highest BCUT2D eigenvalue weighted by molar-refractivity contribution is 7.13. The first-order chi connectivity index (χ1) is 11.6. The normalized spacial score (nSPS) is 11.8. The van der Waals surface area contributed by atoms with Gasteiger partial charge in [0, 0.05) is 17.1 Å². The highest BCUT2D eigenvalue weighted by Crippen LogP contribution is 2.22. The van der Waals surface area contributed by atoms with E-state index in [4.69, 9.17) is 0 Å². The Hall–Kier alpha value is -2.70. The zero-order valence-corrected chi connectivity index (χ0v) is 13.9. The van der Waals surface area contributed by atoms with Crippen molar-refractivity contribution in [2.45, 2.75) is 13.0 Å². The van der Waals surface area contributed by atoms with Crippen molar-refractivity contribution in [3.05, 3.63) is 70.7 Å². The molecule has 0 aliphatic heterocycles. The molecule has 0 spiro atoms. The van der Waals surface area contributed by atoms with Crippen LogP contribution < -0.4 is 10.6 Å². The van der Waals surface area contributed by atoms with Crippen molar-refractivity contribution < 1.29 is 9.90 Å². The maximum absolute atomic E-state index is 12.2. The quantitative estimate of drug-likeness (QED) is 0.651. The van der Waals surface area contributed by atoms with Crippen LogP contribution in [0.15, 0.2) is 60.8 Å². The number of rotatable bonds is 5. The molecule has 6 heteroatoms. The van der Waals surface area contributed by atoms with Gasteiger partial charge in [0.1, 0.15) is 16.0 Å². The minimum absolute atomic E-state index is 0.233. The van der Waals surface area contributed by atoms with E-state index in [9.17, 15) is 9.90 Å². The van der Waals surface area contributed by atoms with Crippen LogP contribution in [0.4, 0.5) is 17.1 Å². The molecular weight excluding hydrogens is 322 g/mol. The molecule has 24 heavy (non-hydrogen) atoms. The largest absolute Gasteiger partial charge is 0.386 e. The number of nitrogens with zero attached hydrogens (tertiary/aromatic N) is 1. The molecule has 1 aromatic heterocycles. The third kappa shape index (κ3) is 3.98. The van der Waals surface area contributed by atoms with Crippen molar-refractivity contribution in [1.29, 1.82) is 0 Å². The van der Waals surface area contributed by atoms with E-state index in [0.29, 0.717) is 15.6 Å². The van der Waals surface area contributed by atoms with E-state index in [0.717, 1.165) is 11.4 Å². The average Bonchev–Trinajstić information content (AvgIpc) is 3.08. The molecule has 2 aromatic carbocycles. The van der Waals surface area contributed by atoms with Gasteiger partial charge in [0.2, 0.25) is 0 Å². The van der Waals surface area contributed by atoms with Crippen molar-refractivity contribution in [3.8, 4) is 0 Å². The molecule has 0 fully saturated rings. The summed E-state index contributed by atoms with van der Waals surface area (Å²) in [6, 6.07) is 17.3. The van der Waals surface area contributed by atoms with Gasteiger partial charge in [-0.25, -0.2) is 4.98 Å². The maximum Gasteiger partial charge on any atom is 0.267 e. The van der Waals surface area contributed by atoms with Crippen LogP contribution >= 0.6 is 11.3 Å². The summed E-state index contributed by atoms with van der Waals surface area (Å²) in [7, 11) is 0. The standard InChI is InChI=1S/C18H17N3O2S/c1-12(22)18-19-11-16(24-18)17(23)21-15-9-7-14(8-10-15)20-13-5-3-2-4-6-13/h2-12,20,22H,1H3,(H,21,23). The zero-order chi connectivity index (χ0) is 16.9. The highest BCUT2D eigenvalue weighted by Gasteiger charge is 2.13. The summed E-state index contributed by atoms with van der Waals surface area (Å²) in [5, 5.41) is 16.1. The van der Waals surface area contributed by atoms with Gasteiger partial charge >= 0.3 is 0 Å². The molecule has 0 saturated heterocycles. The van der Waals surface area contributed by atoms with Crippen LogP contribution in [0.3, 0.4) is 0 Å². The molecule has 0 aliphatic carbocycles. The monoisotopic (exact) mass is 339 g/mol. The third-order valence-corrected chi connectivity index (χ3v) is 4.48. The summed E-state index contributed by atoms with van der Waals surface area (Å²) >= 11 is 1.19. The lowest BCUT2D eigenvalue weighted by atomic mass is 10.2. The van der Waals surface area contributed by atoms with E-state index in [2.05, 4.69) is 15.6 Å². The number of aliphatic hydroxyl groups is 1. The Morgan fingerprint density at radius 2 is 1.67 bits per heavy atom. The van der Waals surface area contributed by atoms with E-state index < -0.39 is 6.10 Å². The molecule has 122 valence electrons. The van der Waals surface area contributed by atoms with E-state index in [1.165, 1.54) is 17.5 Å². The molecule has 0 aliphatic rings. The number of hydrogen-bond donors (Lipinski definition) is 3. The highest BCUT2D eigenvalue weighted by atomic mass is 32.1. The minimum Gasteiger partial charge on any atom is -0.386 e. The SMILES string of the molecule is CC(O)c1ncc(C(=O)Nc2ccc(Nc3ccccc3)cc2)s1. The second kappa shape index (κ2) is 7.25. The molecule has 1 heterocycles. The molecule has 3 N–H and O–H groups in total. The van der Waals surface area contributed by atoms with E-state index in [1.807, 2.05) is 54.6 Å². The smallest absolute Gasteiger partial charge is 0.267 e. The number of aliphatic hydroxyl groups excluding tert-OH is 1. The van der Waals surface area contributed by atoms with Crippen molar-refractivity contribution in [2.75, 3.05) is 10.6 Å². The lowest BCUT2D eigenvalue weighted by Crippen LogP contribution is -2.10. The number of thiazole rings is 1. The first-order valence-electron chi connectivity index (χ1n) is 7.49. The Morgan fingerprint density at radius 1 is 1.04 bits per heavy atom. The molecule has 1 atom stereocenters. The fourth-order valence-electron chi connectivity index (χ4n) is 2.10. The van der Waals surface area contributed by atoms with Gasteiger partial charge in [-0.3, -0.25) is 4.79 Å². The van der Waals surface area contributed by atoms with Gasteiger partial charge < -0.3 is 15.7 Å². The van der Waals surface area contributed by atoms with Crippen LogP contribution in [-0.4, -0.2) is 16.0 Å². The van der Waals surface area contributed by atoms with Crippen LogP contribution in [0.25, 0.3) is 0 Å². The number of hydrogen-bond acceptors (Lipinski definition) is 5. The van der Waals surface area contributed by atoms with Crippen molar-refractivity contribution in [1.82, 2.24) is 4.98 Å². The molecule has 0 bridgehead atoms. The van der Waals surface area contributed by atoms with E-state index in [-0.39, 0.29) is 5.91 Å². The fraction of sp³-hybridized carbons (Fsp3) is 0.111. The molecule has 0 saturated carbocycles. The van der Waals surface area contributed by atoms with Gasteiger partial charge in [-0.05, 0) is 43.3 Å². The summed E-state index contributed by atoms with van der Waals surface area (Å²) in [5.74, 6) is -0.233. The van der Waals surface area contributed by atoms with E-state index >= 15 is 0 Å². The zero-order valence-electron chi connectivity index (χ0n) is 13.1. The maximum atomic E-state index is 12.2. The molecule has 0 radical (unpaired) electrons. The van der Waals surface area contributed by atoms with Crippen LogP contribution in [-0.2, 0) is 0 Å². The molecule has 3 rings (SSSR count). The number of carbonyl (C=O) groups is 1. The number of para-hydroxylation sites is 1. The number of benzene rings is 2. The van der Waals surface area contributed by atoms with Crippen molar-refractivity contribution >= 4 is 34.3 Å². The van der Waals surface area contributed by atoms with Gasteiger partial charge in [0.15, 0.2) is 0 Å². The van der Waals surface area contributed by atoms with Gasteiger partial charge in [-0.15, -0.1) is 11.3 Å². The molecular formula is C18H17N3O2S. The van der Waals surface area contributed by atoms with Gasteiger partial charge in [0.25, 0.3) is 5.91 Å². The predicted molar refractivity (Wildman–Crippen MR) is 96.9 cm³/mol. The number of carbonyl (C=O) groups excluding carboxylic acids is 1. The Kier molecular flexibility index (Phi) is 4.88. The van der Waals surface area contributed by atoms with Gasteiger partial charge in [-0.2, -0.15) is 0 Å². The Labute approximate surface area is 144 Å². The summed E-state index contributed by atoms with van der Waals surface area (Å²) in [6.07, 6.45) is 0.813. The van der Waals surface area contributed by atoms with E-state index in [1.54, 1.807) is 6.92 Å². The number of amides is 1. The van der Waals surface area contributed by atoms with Gasteiger partial charge in [0.05, 0.1) is 6.20 Å². The third-order valence-electron chi connectivity index (χ3n) is 3.31.